The van der Waals surface area contributed by atoms with Crippen LogP contribution < -0.4 is 10.0 Å². The zero-order valence-electron chi connectivity index (χ0n) is 19.8. The Bertz CT molecular complexity index is 1300. The Morgan fingerprint density at radius 3 is 2.23 bits per heavy atom. The number of nitrogens with one attached hydrogen (secondary N) is 2. The number of anilines is 1. The van der Waals surface area contributed by atoms with Gasteiger partial charge < -0.3 is 10.1 Å². The van der Waals surface area contributed by atoms with E-state index in [4.69, 9.17) is 4.74 Å². The molecule has 2 N–H and O–H groups in total. The molecular formula is C27H29FN2O4S. The molecule has 0 aromatic heterocycles. The number of sulfonamides is 1. The van der Waals surface area contributed by atoms with E-state index >= 15 is 0 Å². The van der Waals surface area contributed by atoms with Crippen LogP contribution in [0.1, 0.15) is 39.9 Å². The van der Waals surface area contributed by atoms with Gasteiger partial charge in [-0.3, -0.25) is 9.52 Å². The number of ether oxygens (including phenoxy) is 1. The first kappa shape index (κ1) is 24.9. The molecule has 0 bridgehead atoms. The highest BCUT2D eigenvalue weighted by atomic mass is 32.2. The van der Waals surface area contributed by atoms with Gasteiger partial charge in [-0.1, -0.05) is 18.2 Å². The fourth-order valence-corrected chi connectivity index (χ4v) is 5.41. The summed E-state index contributed by atoms with van der Waals surface area (Å²) in [7, 11) is -3.74. The average Bonchev–Trinajstić information content (AvgIpc) is 2.85. The van der Waals surface area contributed by atoms with Gasteiger partial charge in [-0.25, -0.2) is 12.8 Å². The Kier molecular flexibility index (Phi) is 7.23. The van der Waals surface area contributed by atoms with Gasteiger partial charge in [-0.2, -0.15) is 0 Å². The van der Waals surface area contributed by atoms with Crippen LogP contribution in [0.4, 0.5) is 10.1 Å². The van der Waals surface area contributed by atoms with Crippen LogP contribution in [-0.4, -0.2) is 34.1 Å². The molecule has 184 valence electrons. The summed E-state index contributed by atoms with van der Waals surface area (Å²) < 4.78 is 47.0. The lowest BCUT2D eigenvalue weighted by molar-refractivity contribution is 0.0487. The summed E-state index contributed by atoms with van der Waals surface area (Å²) in [5.41, 5.74) is 3.33. The topological polar surface area (TPSA) is 84.5 Å². The second-order valence-corrected chi connectivity index (χ2v) is 10.7. The number of benzene rings is 3. The van der Waals surface area contributed by atoms with Crippen molar-refractivity contribution in [3.63, 3.8) is 0 Å². The van der Waals surface area contributed by atoms with Gasteiger partial charge in [-0.05, 0) is 91.9 Å². The zero-order valence-corrected chi connectivity index (χ0v) is 20.6. The molecule has 8 heteroatoms. The van der Waals surface area contributed by atoms with Crippen LogP contribution >= 0.6 is 0 Å². The molecule has 0 unspecified atom stereocenters. The summed E-state index contributed by atoms with van der Waals surface area (Å²) in [6.45, 7) is 5.32. The lowest BCUT2D eigenvalue weighted by Crippen LogP contribution is -2.44. The van der Waals surface area contributed by atoms with E-state index in [2.05, 4.69) is 10.0 Å². The Hall–Kier alpha value is -3.23. The van der Waals surface area contributed by atoms with E-state index in [9.17, 15) is 17.6 Å². The van der Waals surface area contributed by atoms with Gasteiger partial charge >= 0.3 is 0 Å². The number of rotatable bonds is 7. The summed E-state index contributed by atoms with van der Waals surface area (Å²) in [5.74, 6) is -0.560. The number of carbonyl (C=O) groups is 1. The highest BCUT2D eigenvalue weighted by molar-refractivity contribution is 7.92. The molecule has 0 aliphatic carbocycles. The van der Waals surface area contributed by atoms with Gasteiger partial charge in [0.1, 0.15) is 5.82 Å². The normalized spacial score (nSPS) is 15.4. The molecule has 1 aliphatic rings. The Labute approximate surface area is 205 Å². The van der Waals surface area contributed by atoms with Crippen molar-refractivity contribution in [3.8, 4) is 0 Å². The molecule has 1 fully saturated rings. The number of halogens is 1. The predicted octanol–water partition coefficient (Wildman–Crippen LogP) is 4.72. The zero-order chi connectivity index (χ0) is 25.1. The first-order valence-electron chi connectivity index (χ1n) is 11.5. The van der Waals surface area contributed by atoms with Crippen molar-refractivity contribution in [2.45, 2.75) is 37.0 Å². The summed E-state index contributed by atoms with van der Waals surface area (Å²) in [6.07, 6.45) is 1.44. The third-order valence-corrected chi connectivity index (χ3v) is 8.06. The second-order valence-electron chi connectivity index (χ2n) is 9.01. The maximum Gasteiger partial charge on any atom is 0.261 e. The molecular weight excluding hydrogens is 467 g/mol. The molecule has 0 saturated carbocycles. The third kappa shape index (κ3) is 5.71. The highest BCUT2D eigenvalue weighted by Gasteiger charge is 2.35. The third-order valence-electron chi connectivity index (χ3n) is 6.68. The summed E-state index contributed by atoms with van der Waals surface area (Å²) in [6, 6.07) is 17.7. The van der Waals surface area contributed by atoms with Crippen LogP contribution in [0.25, 0.3) is 0 Å². The smallest absolute Gasteiger partial charge is 0.261 e. The molecule has 3 aromatic rings. The van der Waals surface area contributed by atoms with Crippen molar-refractivity contribution >= 4 is 21.6 Å². The van der Waals surface area contributed by atoms with Crippen molar-refractivity contribution in [1.29, 1.82) is 0 Å². The van der Waals surface area contributed by atoms with Gasteiger partial charge in [0.25, 0.3) is 15.9 Å². The molecule has 4 rings (SSSR count). The first-order chi connectivity index (χ1) is 16.7. The number of amides is 1. The van der Waals surface area contributed by atoms with Gasteiger partial charge in [0, 0.05) is 36.4 Å². The van der Waals surface area contributed by atoms with Crippen molar-refractivity contribution in [2.75, 3.05) is 24.5 Å². The van der Waals surface area contributed by atoms with Gasteiger partial charge in [0.2, 0.25) is 0 Å². The van der Waals surface area contributed by atoms with E-state index < -0.39 is 10.0 Å². The molecule has 0 atom stereocenters. The molecule has 6 nitrogen and oxygen atoms in total. The van der Waals surface area contributed by atoms with Crippen LogP contribution in [-0.2, 0) is 20.2 Å². The van der Waals surface area contributed by atoms with Gasteiger partial charge in [0.05, 0.1) is 4.90 Å². The van der Waals surface area contributed by atoms with Crippen molar-refractivity contribution in [3.05, 3.63) is 94.8 Å². The van der Waals surface area contributed by atoms with E-state index in [1.807, 2.05) is 13.8 Å². The highest BCUT2D eigenvalue weighted by Crippen LogP contribution is 2.34. The predicted molar refractivity (Wildman–Crippen MR) is 134 cm³/mol. The Morgan fingerprint density at radius 1 is 0.943 bits per heavy atom. The molecule has 0 radical (unpaired) electrons. The van der Waals surface area contributed by atoms with E-state index in [-0.39, 0.29) is 22.0 Å². The molecule has 1 aliphatic heterocycles. The fraction of sp³-hybridized carbons (Fsp3) is 0.296. The minimum Gasteiger partial charge on any atom is -0.381 e. The molecule has 35 heavy (non-hydrogen) atoms. The fourth-order valence-electron chi connectivity index (χ4n) is 4.27. The van der Waals surface area contributed by atoms with Crippen LogP contribution in [0.15, 0.2) is 71.6 Å². The second kappa shape index (κ2) is 10.2. The SMILES string of the molecule is Cc1ccc(S(=O)(=O)Nc2ccc(C(=O)NCC3(c4ccc(F)cc4)CCOCC3)cc2)cc1C. The lowest BCUT2D eigenvalue weighted by atomic mass is 9.74. The van der Waals surface area contributed by atoms with E-state index in [1.54, 1.807) is 54.6 Å². The molecule has 1 saturated heterocycles. The minimum atomic E-state index is -3.74. The number of aryl methyl sites for hydroxylation is 2. The van der Waals surface area contributed by atoms with Crippen LogP contribution in [0, 0.1) is 19.7 Å². The summed E-state index contributed by atoms with van der Waals surface area (Å²) >= 11 is 0. The minimum absolute atomic E-state index is 0.185. The number of carbonyl (C=O) groups excluding carboxylic acids is 1. The number of hydrogen-bond acceptors (Lipinski definition) is 4. The molecule has 1 heterocycles. The first-order valence-corrected chi connectivity index (χ1v) is 13.0. The van der Waals surface area contributed by atoms with Crippen LogP contribution in [0.2, 0.25) is 0 Å². The van der Waals surface area contributed by atoms with Crippen molar-refractivity contribution < 1.29 is 22.3 Å². The monoisotopic (exact) mass is 496 g/mol. The average molecular weight is 497 g/mol. The largest absolute Gasteiger partial charge is 0.381 e. The van der Waals surface area contributed by atoms with E-state index in [1.165, 1.54) is 12.1 Å². The molecule has 3 aromatic carbocycles. The number of hydrogen-bond donors (Lipinski definition) is 2. The standard InChI is InChI=1S/C27H29FN2O4S/c1-19-3-12-25(17-20(19)2)35(32,33)30-24-10-4-21(5-11-24)26(31)29-18-27(13-15-34-16-14-27)22-6-8-23(28)9-7-22/h3-12,17,30H,13-16,18H2,1-2H3,(H,29,31). The van der Waals surface area contributed by atoms with Crippen LogP contribution in [0.3, 0.4) is 0 Å². The van der Waals surface area contributed by atoms with E-state index in [0.717, 1.165) is 29.5 Å². The van der Waals surface area contributed by atoms with E-state index in [0.29, 0.717) is 31.0 Å². The molecule has 1 amide bonds. The maximum absolute atomic E-state index is 13.4. The lowest BCUT2D eigenvalue weighted by Gasteiger charge is -2.38. The maximum atomic E-state index is 13.4. The Balaban J connectivity index is 1.43. The molecule has 0 spiro atoms. The van der Waals surface area contributed by atoms with Crippen LogP contribution in [0.5, 0.6) is 0 Å². The summed E-state index contributed by atoms with van der Waals surface area (Å²) in [5, 5.41) is 3.00. The van der Waals surface area contributed by atoms with Crippen molar-refractivity contribution in [2.24, 2.45) is 0 Å². The van der Waals surface area contributed by atoms with Crippen molar-refractivity contribution in [1.82, 2.24) is 5.32 Å². The van der Waals surface area contributed by atoms with Gasteiger partial charge in [-0.15, -0.1) is 0 Å². The Morgan fingerprint density at radius 2 is 1.60 bits per heavy atom. The van der Waals surface area contributed by atoms with Gasteiger partial charge in [0.15, 0.2) is 0 Å². The quantitative estimate of drug-likeness (QED) is 0.496. The summed E-state index contributed by atoms with van der Waals surface area (Å²) in [4.78, 5) is 13.0.